The summed E-state index contributed by atoms with van der Waals surface area (Å²) in [5, 5.41) is 20.3. The first-order valence-electron chi connectivity index (χ1n) is 3.75. The van der Waals surface area contributed by atoms with E-state index in [-0.39, 0.29) is 18.6 Å². The van der Waals surface area contributed by atoms with Gasteiger partial charge in [0.05, 0.1) is 0 Å². The van der Waals surface area contributed by atoms with Crippen molar-refractivity contribution in [3.63, 3.8) is 0 Å². The molecule has 0 amide bonds. The third kappa shape index (κ3) is 1.70. The van der Waals surface area contributed by atoms with Gasteiger partial charge in [0.15, 0.2) is 0 Å². The van der Waals surface area contributed by atoms with E-state index in [1.165, 1.54) is 0 Å². The minimum Gasteiger partial charge on any atom is -0.480 e. The number of hydrogen-bond donors (Lipinski definition) is 3. The van der Waals surface area contributed by atoms with Gasteiger partial charge < -0.3 is 15.5 Å². The Morgan fingerprint density at radius 3 is 2.64 bits per heavy atom. The Kier molecular flexibility index (Phi) is 2.46. The fourth-order valence-electron chi connectivity index (χ4n) is 1.43. The van der Waals surface area contributed by atoms with E-state index < -0.39 is 12.0 Å². The number of nitrogens with one attached hydrogen (secondary N) is 1. The Bertz CT molecular complexity index is 160. The third-order valence-corrected chi connectivity index (χ3v) is 2.24. The van der Waals surface area contributed by atoms with Gasteiger partial charge in [-0.25, -0.2) is 0 Å². The van der Waals surface area contributed by atoms with E-state index in [1.54, 1.807) is 0 Å². The molecule has 11 heavy (non-hydrogen) atoms. The largest absolute Gasteiger partial charge is 0.480 e. The van der Waals surface area contributed by atoms with E-state index in [1.807, 2.05) is 6.92 Å². The zero-order valence-corrected chi connectivity index (χ0v) is 6.45. The van der Waals surface area contributed by atoms with Crippen LogP contribution in [0.15, 0.2) is 0 Å². The molecule has 0 aromatic carbocycles. The van der Waals surface area contributed by atoms with Crippen LogP contribution in [0.4, 0.5) is 0 Å². The summed E-state index contributed by atoms with van der Waals surface area (Å²) in [7, 11) is 0. The second kappa shape index (κ2) is 3.19. The van der Waals surface area contributed by atoms with Crippen LogP contribution in [0.2, 0.25) is 0 Å². The van der Waals surface area contributed by atoms with Crippen molar-refractivity contribution in [1.29, 1.82) is 0 Å². The quantitative estimate of drug-likeness (QED) is 0.504. The van der Waals surface area contributed by atoms with E-state index >= 15 is 0 Å². The molecule has 0 spiro atoms. The first kappa shape index (κ1) is 8.49. The maximum Gasteiger partial charge on any atom is 0.320 e. The highest BCUT2D eigenvalue weighted by Crippen LogP contribution is 2.19. The predicted molar refractivity (Wildman–Crippen MR) is 39.2 cm³/mol. The second-order valence-electron chi connectivity index (χ2n) is 3.02. The number of carboxylic acids is 1. The fourth-order valence-corrected chi connectivity index (χ4v) is 1.43. The summed E-state index contributed by atoms with van der Waals surface area (Å²) in [6.45, 7) is 1.96. The van der Waals surface area contributed by atoms with Crippen molar-refractivity contribution in [1.82, 2.24) is 5.32 Å². The lowest BCUT2D eigenvalue weighted by Crippen LogP contribution is -2.34. The first-order valence-corrected chi connectivity index (χ1v) is 3.75. The summed E-state index contributed by atoms with van der Waals surface area (Å²) in [6, 6.07) is -0.358. The van der Waals surface area contributed by atoms with Crippen molar-refractivity contribution in [2.45, 2.75) is 25.4 Å². The van der Waals surface area contributed by atoms with Crippen molar-refractivity contribution in [2.75, 3.05) is 6.61 Å². The molecule has 3 N–H and O–H groups in total. The summed E-state index contributed by atoms with van der Waals surface area (Å²) in [6.07, 6.45) is 0.535. The molecule has 4 nitrogen and oxygen atoms in total. The summed E-state index contributed by atoms with van der Waals surface area (Å²) in [5.74, 6) is -0.732. The van der Waals surface area contributed by atoms with E-state index in [0.717, 1.165) is 0 Å². The van der Waals surface area contributed by atoms with Crippen molar-refractivity contribution in [3.8, 4) is 0 Å². The zero-order valence-electron chi connectivity index (χ0n) is 6.45. The molecule has 1 rings (SSSR count). The van der Waals surface area contributed by atoms with Crippen LogP contribution in [0.3, 0.4) is 0 Å². The molecule has 0 aliphatic carbocycles. The Morgan fingerprint density at radius 2 is 2.36 bits per heavy atom. The summed E-state index contributed by atoms with van der Waals surface area (Å²) in [5.41, 5.74) is 0. The van der Waals surface area contributed by atoms with Gasteiger partial charge in [-0.15, -0.1) is 0 Å². The minimum absolute atomic E-state index is 0.0674. The van der Waals surface area contributed by atoms with Crippen LogP contribution in [0.5, 0.6) is 0 Å². The van der Waals surface area contributed by atoms with Crippen molar-refractivity contribution in [3.05, 3.63) is 0 Å². The SMILES string of the molecule is CC1NC(C(=O)O)CC1CO. The number of aliphatic hydroxyl groups excluding tert-OH is 1. The van der Waals surface area contributed by atoms with Crippen molar-refractivity contribution >= 4 is 5.97 Å². The molecule has 3 atom stereocenters. The monoisotopic (exact) mass is 159 g/mol. The Labute approximate surface area is 65.2 Å². The molecule has 1 aliphatic rings. The minimum atomic E-state index is -0.826. The molecule has 1 heterocycles. The van der Waals surface area contributed by atoms with Gasteiger partial charge in [0.25, 0.3) is 0 Å². The third-order valence-electron chi connectivity index (χ3n) is 2.24. The van der Waals surface area contributed by atoms with Crippen molar-refractivity contribution < 1.29 is 15.0 Å². The lowest BCUT2D eigenvalue weighted by molar-refractivity contribution is -0.139. The van der Waals surface area contributed by atoms with Gasteiger partial charge in [-0.1, -0.05) is 0 Å². The molecule has 3 unspecified atom stereocenters. The normalized spacial score (nSPS) is 37.5. The smallest absolute Gasteiger partial charge is 0.320 e. The van der Waals surface area contributed by atoms with Crippen LogP contribution in [0, 0.1) is 5.92 Å². The molecule has 4 heteroatoms. The average Bonchev–Trinajstić information content (AvgIpc) is 2.31. The molecule has 1 aliphatic heterocycles. The Hall–Kier alpha value is -0.610. The number of carboxylic acid groups (broad SMARTS) is 1. The van der Waals surface area contributed by atoms with Crippen LogP contribution >= 0.6 is 0 Å². The van der Waals surface area contributed by atoms with E-state index in [4.69, 9.17) is 10.2 Å². The zero-order chi connectivity index (χ0) is 8.43. The molecule has 0 radical (unpaired) electrons. The number of aliphatic hydroxyl groups is 1. The van der Waals surface area contributed by atoms with Gasteiger partial charge in [-0.05, 0) is 19.3 Å². The van der Waals surface area contributed by atoms with Gasteiger partial charge in [-0.2, -0.15) is 0 Å². The standard InChI is InChI=1S/C7H13NO3/c1-4-5(3-9)2-6(8-4)7(10)11/h4-6,8-9H,2-3H2,1H3,(H,10,11). The van der Waals surface area contributed by atoms with Gasteiger partial charge in [0, 0.05) is 12.6 Å². The van der Waals surface area contributed by atoms with Crippen molar-refractivity contribution in [2.24, 2.45) is 5.92 Å². The highest BCUT2D eigenvalue weighted by atomic mass is 16.4. The number of carbonyl (C=O) groups is 1. The molecule has 1 fully saturated rings. The molecule has 0 saturated carbocycles. The highest BCUT2D eigenvalue weighted by molar-refractivity contribution is 5.73. The van der Waals surface area contributed by atoms with Crippen LogP contribution in [0.1, 0.15) is 13.3 Å². The second-order valence-corrected chi connectivity index (χ2v) is 3.02. The highest BCUT2D eigenvalue weighted by Gasteiger charge is 2.33. The molecule has 1 saturated heterocycles. The van der Waals surface area contributed by atoms with Crippen LogP contribution < -0.4 is 5.32 Å². The maximum absolute atomic E-state index is 10.5. The average molecular weight is 159 g/mol. The van der Waals surface area contributed by atoms with Gasteiger partial charge in [-0.3, -0.25) is 4.79 Å². The number of rotatable bonds is 2. The summed E-state index contributed by atoms with van der Waals surface area (Å²) in [4.78, 5) is 10.5. The molecule has 0 bridgehead atoms. The van der Waals surface area contributed by atoms with E-state index in [9.17, 15) is 4.79 Å². The van der Waals surface area contributed by atoms with Gasteiger partial charge in [0.2, 0.25) is 0 Å². The Morgan fingerprint density at radius 1 is 1.73 bits per heavy atom. The molecule has 0 aromatic heterocycles. The number of hydrogen-bond acceptors (Lipinski definition) is 3. The lowest BCUT2D eigenvalue weighted by Gasteiger charge is -2.09. The van der Waals surface area contributed by atoms with E-state index in [2.05, 4.69) is 5.32 Å². The van der Waals surface area contributed by atoms with Crippen LogP contribution in [0.25, 0.3) is 0 Å². The Balaban J connectivity index is 2.49. The fraction of sp³-hybridized carbons (Fsp3) is 0.857. The molecule has 0 aromatic rings. The van der Waals surface area contributed by atoms with Crippen LogP contribution in [-0.4, -0.2) is 34.9 Å². The van der Waals surface area contributed by atoms with Gasteiger partial charge >= 0.3 is 5.97 Å². The maximum atomic E-state index is 10.5. The molecular weight excluding hydrogens is 146 g/mol. The van der Waals surface area contributed by atoms with Crippen LogP contribution in [-0.2, 0) is 4.79 Å². The molecular formula is C7H13NO3. The topological polar surface area (TPSA) is 69.6 Å². The number of aliphatic carboxylic acids is 1. The summed E-state index contributed by atoms with van der Waals surface area (Å²) < 4.78 is 0. The predicted octanol–water partition coefficient (Wildman–Crippen LogP) is -0.570. The lowest BCUT2D eigenvalue weighted by atomic mass is 10.0. The first-order chi connectivity index (χ1) is 5.15. The molecule has 64 valence electrons. The van der Waals surface area contributed by atoms with E-state index in [0.29, 0.717) is 6.42 Å². The van der Waals surface area contributed by atoms with Gasteiger partial charge in [0.1, 0.15) is 6.04 Å². The summed E-state index contributed by atoms with van der Waals surface area (Å²) >= 11 is 0.